The van der Waals surface area contributed by atoms with Gasteiger partial charge < -0.3 is 30.5 Å². The van der Waals surface area contributed by atoms with Crippen molar-refractivity contribution in [3.05, 3.63) is 58.7 Å². The van der Waals surface area contributed by atoms with E-state index in [9.17, 15) is 0 Å². The maximum atomic E-state index is 5.78. The molecule has 0 saturated carbocycles. The van der Waals surface area contributed by atoms with Crippen LogP contribution in [0.2, 0.25) is 0 Å². The Morgan fingerprint density at radius 1 is 0.974 bits per heavy atom. The molecule has 39 heavy (non-hydrogen) atoms. The molecule has 0 amide bonds. The maximum absolute atomic E-state index is 5.78. The molecule has 0 unspecified atom stereocenters. The Morgan fingerprint density at radius 3 is 2.54 bits per heavy atom. The molecular formula is C30H40BrN7O. The van der Waals surface area contributed by atoms with Gasteiger partial charge in [-0.05, 0) is 98.5 Å². The average Bonchev–Trinajstić information content (AvgIpc) is 2.99. The molecule has 2 aromatic carbocycles. The molecular weight excluding hydrogens is 554 g/mol. The molecule has 0 atom stereocenters. The summed E-state index contributed by atoms with van der Waals surface area (Å²) in [7, 11) is 3.68. The highest BCUT2D eigenvalue weighted by Crippen LogP contribution is 2.34. The summed E-state index contributed by atoms with van der Waals surface area (Å²) in [4.78, 5) is 14.5. The zero-order valence-electron chi connectivity index (χ0n) is 23.0. The summed E-state index contributed by atoms with van der Waals surface area (Å²) < 4.78 is 6.58. The standard InChI is InChI=1S/C30H40BrN7O/c1-32-15-12-22-8-4-5-9-26(22)34-29-25(31)21-33-30(36-29)35-27-11-10-24(20-28(27)39-2)38-18-13-23(14-19-38)37-16-6-3-7-17-37/h4-5,8-11,20-21,23,32H,3,6-7,12-19H2,1-2H3,(H2,33,34,35,36). The first-order valence-corrected chi connectivity index (χ1v) is 14.9. The van der Waals surface area contributed by atoms with Crippen molar-refractivity contribution in [2.45, 2.75) is 44.6 Å². The van der Waals surface area contributed by atoms with Crippen LogP contribution in [0.5, 0.6) is 5.75 Å². The van der Waals surface area contributed by atoms with Gasteiger partial charge in [-0.15, -0.1) is 0 Å². The minimum Gasteiger partial charge on any atom is -0.494 e. The molecule has 2 fully saturated rings. The van der Waals surface area contributed by atoms with Crippen molar-refractivity contribution in [2.75, 3.05) is 62.4 Å². The van der Waals surface area contributed by atoms with Gasteiger partial charge in [0.25, 0.3) is 0 Å². The third kappa shape index (κ3) is 7.01. The van der Waals surface area contributed by atoms with Crippen molar-refractivity contribution < 1.29 is 4.74 Å². The van der Waals surface area contributed by atoms with E-state index in [1.807, 2.05) is 13.1 Å². The zero-order chi connectivity index (χ0) is 27.0. The lowest BCUT2D eigenvalue weighted by molar-refractivity contribution is 0.141. The second-order valence-electron chi connectivity index (χ2n) is 10.4. The summed E-state index contributed by atoms with van der Waals surface area (Å²) in [6, 6.07) is 15.4. The summed E-state index contributed by atoms with van der Waals surface area (Å²) >= 11 is 3.60. The van der Waals surface area contributed by atoms with Crippen LogP contribution in [0.4, 0.5) is 28.8 Å². The lowest BCUT2D eigenvalue weighted by Gasteiger charge is -2.41. The number of benzene rings is 2. The minimum atomic E-state index is 0.502. The monoisotopic (exact) mass is 593 g/mol. The van der Waals surface area contributed by atoms with E-state index in [4.69, 9.17) is 9.72 Å². The third-order valence-corrected chi connectivity index (χ3v) is 8.41. The Hall–Kier alpha value is -2.88. The number of halogens is 1. The molecule has 2 saturated heterocycles. The van der Waals surface area contributed by atoms with E-state index >= 15 is 0 Å². The fourth-order valence-electron chi connectivity index (χ4n) is 5.64. The van der Waals surface area contributed by atoms with Crippen molar-refractivity contribution in [1.29, 1.82) is 0 Å². The Balaban J connectivity index is 1.26. The molecule has 0 bridgehead atoms. The van der Waals surface area contributed by atoms with Gasteiger partial charge >= 0.3 is 0 Å². The third-order valence-electron chi connectivity index (χ3n) is 7.83. The van der Waals surface area contributed by atoms with Crippen LogP contribution in [0, 0.1) is 0 Å². The Kier molecular flexibility index (Phi) is 9.55. The number of nitrogens with zero attached hydrogens (tertiary/aromatic N) is 4. The van der Waals surface area contributed by atoms with E-state index in [0.29, 0.717) is 11.8 Å². The molecule has 3 N–H and O–H groups in total. The number of hydrogen-bond donors (Lipinski definition) is 3. The predicted octanol–water partition coefficient (Wildman–Crippen LogP) is 5.95. The topological polar surface area (TPSA) is 77.6 Å². The minimum absolute atomic E-state index is 0.502. The first-order chi connectivity index (χ1) is 19.1. The first-order valence-electron chi connectivity index (χ1n) is 14.1. The van der Waals surface area contributed by atoms with Crippen molar-refractivity contribution in [3.63, 3.8) is 0 Å². The van der Waals surface area contributed by atoms with Gasteiger partial charge in [-0.25, -0.2) is 4.98 Å². The van der Waals surface area contributed by atoms with E-state index in [2.05, 4.69) is 83.1 Å². The number of methoxy groups -OCH3 is 1. The van der Waals surface area contributed by atoms with Crippen LogP contribution in [-0.2, 0) is 6.42 Å². The maximum Gasteiger partial charge on any atom is 0.229 e. The van der Waals surface area contributed by atoms with E-state index in [0.717, 1.165) is 53.7 Å². The number of likely N-dealkylation sites (N-methyl/N-ethyl adjacent to an activating group) is 1. The highest BCUT2D eigenvalue weighted by Gasteiger charge is 2.26. The zero-order valence-corrected chi connectivity index (χ0v) is 24.6. The van der Waals surface area contributed by atoms with Crippen molar-refractivity contribution >= 4 is 44.8 Å². The van der Waals surface area contributed by atoms with Crippen LogP contribution in [0.1, 0.15) is 37.7 Å². The van der Waals surface area contributed by atoms with E-state index < -0.39 is 0 Å². The molecule has 8 nitrogen and oxygen atoms in total. The second-order valence-corrected chi connectivity index (χ2v) is 11.2. The summed E-state index contributed by atoms with van der Waals surface area (Å²) in [6.07, 6.45) is 9.24. The van der Waals surface area contributed by atoms with Crippen LogP contribution >= 0.6 is 15.9 Å². The number of para-hydroxylation sites is 1. The largest absolute Gasteiger partial charge is 0.494 e. The number of aromatic nitrogens is 2. The number of rotatable bonds is 10. The normalized spacial score (nSPS) is 16.7. The van der Waals surface area contributed by atoms with Crippen molar-refractivity contribution in [1.82, 2.24) is 20.2 Å². The predicted molar refractivity (Wildman–Crippen MR) is 164 cm³/mol. The molecule has 2 aliphatic heterocycles. The van der Waals surface area contributed by atoms with Crippen LogP contribution in [0.15, 0.2) is 53.1 Å². The van der Waals surface area contributed by atoms with Crippen LogP contribution in [0.3, 0.4) is 0 Å². The number of piperidine rings is 2. The average molecular weight is 595 g/mol. The molecule has 1 aromatic heterocycles. The van der Waals surface area contributed by atoms with Gasteiger partial charge in [0.1, 0.15) is 11.6 Å². The quantitative estimate of drug-likeness (QED) is 0.266. The number of ether oxygens (including phenoxy) is 1. The Morgan fingerprint density at radius 2 is 1.77 bits per heavy atom. The molecule has 0 radical (unpaired) electrons. The van der Waals surface area contributed by atoms with E-state index in [1.165, 1.54) is 56.4 Å². The van der Waals surface area contributed by atoms with Crippen LogP contribution in [-0.4, -0.2) is 67.8 Å². The number of likely N-dealkylation sites (tertiary alicyclic amines) is 1. The highest BCUT2D eigenvalue weighted by molar-refractivity contribution is 9.10. The Labute approximate surface area is 240 Å². The van der Waals surface area contributed by atoms with E-state index in [-0.39, 0.29) is 0 Å². The molecule has 0 spiro atoms. The van der Waals surface area contributed by atoms with Gasteiger partial charge in [0, 0.05) is 42.8 Å². The molecule has 3 heterocycles. The fourth-order valence-corrected chi connectivity index (χ4v) is 5.93. The number of nitrogens with one attached hydrogen (secondary N) is 3. The van der Waals surface area contributed by atoms with Gasteiger partial charge in [0.2, 0.25) is 5.95 Å². The lowest BCUT2D eigenvalue weighted by atomic mass is 9.99. The molecule has 3 aromatic rings. The smallest absolute Gasteiger partial charge is 0.229 e. The summed E-state index contributed by atoms with van der Waals surface area (Å²) in [5.74, 6) is 1.99. The summed E-state index contributed by atoms with van der Waals surface area (Å²) in [5, 5.41) is 10.1. The highest BCUT2D eigenvalue weighted by atomic mass is 79.9. The van der Waals surface area contributed by atoms with E-state index in [1.54, 1.807) is 13.3 Å². The number of anilines is 5. The summed E-state index contributed by atoms with van der Waals surface area (Å²) in [5.41, 5.74) is 4.30. The van der Waals surface area contributed by atoms with Crippen molar-refractivity contribution in [2.24, 2.45) is 0 Å². The molecule has 2 aliphatic rings. The van der Waals surface area contributed by atoms with Crippen LogP contribution in [0.25, 0.3) is 0 Å². The van der Waals surface area contributed by atoms with Crippen molar-refractivity contribution in [3.8, 4) is 5.75 Å². The number of hydrogen-bond acceptors (Lipinski definition) is 8. The lowest BCUT2D eigenvalue weighted by Crippen LogP contribution is -2.46. The molecule has 5 rings (SSSR count). The Bertz CT molecular complexity index is 1230. The van der Waals surface area contributed by atoms with Gasteiger partial charge in [-0.1, -0.05) is 24.6 Å². The second kappa shape index (κ2) is 13.5. The first kappa shape index (κ1) is 27.7. The molecule has 0 aliphatic carbocycles. The van der Waals surface area contributed by atoms with Crippen LogP contribution < -0.4 is 25.6 Å². The SMILES string of the molecule is CNCCc1ccccc1Nc1nc(Nc2ccc(N3CCC(N4CCCCC4)CC3)cc2OC)ncc1Br. The fraction of sp³-hybridized carbons (Fsp3) is 0.467. The molecule has 9 heteroatoms. The summed E-state index contributed by atoms with van der Waals surface area (Å²) in [6.45, 7) is 5.62. The van der Waals surface area contributed by atoms with Gasteiger partial charge in [0.15, 0.2) is 0 Å². The molecule has 208 valence electrons. The van der Waals surface area contributed by atoms with Gasteiger partial charge in [-0.3, -0.25) is 0 Å². The van der Waals surface area contributed by atoms with Gasteiger partial charge in [-0.2, -0.15) is 4.98 Å². The van der Waals surface area contributed by atoms with Gasteiger partial charge in [0.05, 0.1) is 17.3 Å².